The van der Waals surface area contributed by atoms with Gasteiger partial charge in [0.15, 0.2) is 5.82 Å². The predicted octanol–water partition coefficient (Wildman–Crippen LogP) is 3.07. The monoisotopic (exact) mass is 320 g/mol. The molecule has 7 nitrogen and oxygen atoms in total. The number of nitrogens with one attached hydrogen (secondary N) is 1. The van der Waals surface area contributed by atoms with Crippen molar-refractivity contribution in [1.82, 2.24) is 15.0 Å². The summed E-state index contributed by atoms with van der Waals surface area (Å²) in [4.78, 5) is 17.1. The van der Waals surface area contributed by atoms with Gasteiger partial charge < -0.3 is 10.1 Å². The van der Waals surface area contributed by atoms with Gasteiger partial charge in [0.05, 0.1) is 18.1 Å². The molecule has 0 radical (unpaired) electrons. The molecule has 0 atom stereocenters. The van der Waals surface area contributed by atoms with Crippen molar-refractivity contribution in [2.45, 2.75) is 38.2 Å². The summed E-state index contributed by atoms with van der Waals surface area (Å²) in [5.41, 5.74) is 2.23. The fourth-order valence-electron chi connectivity index (χ4n) is 2.97. The molecular formula is C17H16N6O. The van der Waals surface area contributed by atoms with E-state index in [2.05, 4.69) is 25.3 Å². The number of ether oxygens (including phenoxy) is 1. The molecule has 2 aromatic rings. The molecule has 1 fully saturated rings. The van der Waals surface area contributed by atoms with Gasteiger partial charge in [-0.3, -0.25) is 4.99 Å². The van der Waals surface area contributed by atoms with Crippen molar-refractivity contribution >= 4 is 23.5 Å². The van der Waals surface area contributed by atoms with Gasteiger partial charge >= 0.3 is 0 Å². The molecule has 1 aliphatic carbocycles. The van der Waals surface area contributed by atoms with Crippen LogP contribution >= 0.6 is 0 Å². The first kappa shape index (κ1) is 14.6. The van der Waals surface area contributed by atoms with Crippen molar-refractivity contribution in [3.05, 3.63) is 29.7 Å². The number of nitriles is 1. The fourth-order valence-corrected chi connectivity index (χ4v) is 2.97. The van der Waals surface area contributed by atoms with Crippen LogP contribution in [0.1, 0.15) is 36.9 Å². The van der Waals surface area contributed by atoms with Gasteiger partial charge in [-0.1, -0.05) is 0 Å². The summed E-state index contributed by atoms with van der Waals surface area (Å²) in [6, 6.07) is 3.98. The Morgan fingerprint density at radius 1 is 1.17 bits per heavy atom. The summed E-state index contributed by atoms with van der Waals surface area (Å²) in [6.07, 6.45) is 10.3. The topological polar surface area (TPSA) is 96.1 Å². The molecule has 1 N–H and O–H groups in total. The maximum Gasteiger partial charge on any atom is 0.253 e. The van der Waals surface area contributed by atoms with E-state index in [1.54, 1.807) is 6.20 Å². The zero-order chi connectivity index (χ0) is 16.4. The summed E-state index contributed by atoms with van der Waals surface area (Å²) >= 11 is 0. The largest absolute Gasteiger partial charge is 0.472 e. The molecule has 4 rings (SSSR count). The minimum atomic E-state index is 0.122. The van der Waals surface area contributed by atoms with Crippen LogP contribution in [0.25, 0.3) is 0 Å². The van der Waals surface area contributed by atoms with Crippen molar-refractivity contribution in [2.75, 3.05) is 5.32 Å². The Labute approximate surface area is 139 Å². The number of nitrogens with zero attached hydrogens (tertiary/aromatic N) is 5. The second-order valence-electron chi connectivity index (χ2n) is 5.88. The van der Waals surface area contributed by atoms with Crippen LogP contribution in [-0.2, 0) is 6.42 Å². The Bertz CT molecular complexity index is 835. The molecule has 1 saturated carbocycles. The van der Waals surface area contributed by atoms with E-state index in [1.807, 2.05) is 18.4 Å². The smallest absolute Gasteiger partial charge is 0.253 e. The second-order valence-corrected chi connectivity index (χ2v) is 5.88. The predicted molar refractivity (Wildman–Crippen MR) is 89.0 cm³/mol. The van der Waals surface area contributed by atoms with E-state index in [9.17, 15) is 5.26 Å². The third-order valence-electron chi connectivity index (χ3n) is 4.19. The second kappa shape index (κ2) is 6.24. The van der Waals surface area contributed by atoms with Gasteiger partial charge in [-0.25, -0.2) is 9.97 Å². The summed E-state index contributed by atoms with van der Waals surface area (Å²) in [7, 11) is 0. The van der Waals surface area contributed by atoms with E-state index in [-0.39, 0.29) is 11.8 Å². The number of fused-ring (bicyclic) bond motifs is 1. The average Bonchev–Trinajstić information content (AvgIpc) is 3.26. The van der Waals surface area contributed by atoms with Gasteiger partial charge in [0, 0.05) is 12.6 Å². The molecular weight excluding hydrogens is 304 g/mol. The van der Waals surface area contributed by atoms with Crippen molar-refractivity contribution in [3.63, 3.8) is 0 Å². The minimum Gasteiger partial charge on any atom is -0.472 e. The van der Waals surface area contributed by atoms with Gasteiger partial charge in [-0.05, 0) is 37.3 Å². The first-order valence-electron chi connectivity index (χ1n) is 8.04. The molecule has 0 bridgehead atoms. The standard InChI is InChI=1S/C17H16N6O/c18-8-13-17(24-12-3-1-2-4-12)23-16(10-20-13)22-15-7-11-5-6-19-14(11)9-21-15/h6-7,9-10,12H,1-5H2,(H,21,22,23). The summed E-state index contributed by atoms with van der Waals surface area (Å²) in [6.45, 7) is 0. The molecule has 24 heavy (non-hydrogen) atoms. The Kier molecular flexibility index (Phi) is 3.79. The summed E-state index contributed by atoms with van der Waals surface area (Å²) < 4.78 is 5.87. The van der Waals surface area contributed by atoms with Crippen molar-refractivity contribution in [2.24, 2.45) is 4.99 Å². The van der Waals surface area contributed by atoms with Gasteiger partial charge in [0.25, 0.3) is 5.88 Å². The summed E-state index contributed by atoms with van der Waals surface area (Å²) in [5.74, 6) is 1.47. The van der Waals surface area contributed by atoms with Gasteiger partial charge in [-0.2, -0.15) is 10.2 Å². The number of pyridine rings is 1. The van der Waals surface area contributed by atoms with E-state index >= 15 is 0 Å². The highest BCUT2D eigenvalue weighted by atomic mass is 16.5. The Morgan fingerprint density at radius 3 is 2.88 bits per heavy atom. The van der Waals surface area contributed by atoms with Crippen LogP contribution in [-0.4, -0.2) is 27.3 Å². The first-order chi connectivity index (χ1) is 11.8. The lowest BCUT2D eigenvalue weighted by molar-refractivity contribution is 0.200. The van der Waals surface area contributed by atoms with Crippen LogP contribution in [0.15, 0.2) is 23.5 Å². The van der Waals surface area contributed by atoms with Crippen molar-refractivity contribution < 1.29 is 4.74 Å². The Morgan fingerprint density at radius 2 is 2.04 bits per heavy atom. The van der Waals surface area contributed by atoms with Gasteiger partial charge in [0.2, 0.25) is 5.69 Å². The van der Waals surface area contributed by atoms with E-state index in [0.29, 0.717) is 17.5 Å². The van der Waals surface area contributed by atoms with Crippen LogP contribution in [0.4, 0.5) is 17.3 Å². The molecule has 7 heteroatoms. The van der Waals surface area contributed by atoms with Crippen LogP contribution < -0.4 is 10.1 Å². The molecule has 2 aliphatic rings. The lowest BCUT2D eigenvalue weighted by Crippen LogP contribution is -2.14. The van der Waals surface area contributed by atoms with Crippen LogP contribution in [0.3, 0.4) is 0 Å². The number of rotatable bonds is 4. The molecule has 1 aliphatic heterocycles. The number of hydrogen-bond donors (Lipinski definition) is 1. The van der Waals surface area contributed by atoms with E-state index in [4.69, 9.17) is 4.74 Å². The maximum absolute atomic E-state index is 9.20. The van der Waals surface area contributed by atoms with E-state index in [0.717, 1.165) is 43.4 Å². The zero-order valence-corrected chi connectivity index (χ0v) is 13.1. The van der Waals surface area contributed by atoms with Gasteiger partial charge in [-0.15, -0.1) is 0 Å². The Hall–Kier alpha value is -3.01. The third-order valence-corrected chi connectivity index (χ3v) is 4.19. The number of hydrogen-bond acceptors (Lipinski definition) is 7. The van der Waals surface area contributed by atoms with E-state index in [1.165, 1.54) is 6.20 Å². The fraction of sp³-hybridized carbons (Fsp3) is 0.353. The molecule has 0 amide bonds. The van der Waals surface area contributed by atoms with Crippen LogP contribution in [0, 0.1) is 11.3 Å². The number of anilines is 2. The number of aromatic nitrogens is 3. The molecule has 2 aromatic heterocycles. The number of aliphatic imine (C=N–C) groups is 1. The third kappa shape index (κ3) is 2.91. The molecule has 0 spiro atoms. The molecule has 3 heterocycles. The zero-order valence-electron chi connectivity index (χ0n) is 13.1. The minimum absolute atomic E-state index is 0.122. The SMILES string of the molecule is N#Cc1ncc(Nc2cc3c(cn2)N=CC3)nc1OC1CCCC1. The van der Waals surface area contributed by atoms with Crippen molar-refractivity contribution in [1.29, 1.82) is 5.26 Å². The average molecular weight is 320 g/mol. The molecule has 0 aromatic carbocycles. The van der Waals surface area contributed by atoms with Gasteiger partial charge in [0.1, 0.15) is 18.0 Å². The molecule has 0 saturated heterocycles. The Balaban J connectivity index is 1.55. The summed E-state index contributed by atoms with van der Waals surface area (Å²) in [5, 5.41) is 12.3. The highest BCUT2D eigenvalue weighted by molar-refractivity contribution is 5.76. The molecule has 0 unspecified atom stereocenters. The van der Waals surface area contributed by atoms with E-state index < -0.39 is 0 Å². The normalized spacial score (nSPS) is 16.0. The highest BCUT2D eigenvalue weighted by Gasteiger charge is 2.20. The molecule has 120 valence electrons. The lowest BCUT2D eigenvalue weighted by Gasteiger charge is -2.14. The quantitative estimate of drug-likeness (QED) is 0.930. The van der Waals surface area contributed by atoms with Crippen molar-refractivity contribution in [3.8, 4) is 11.9 Å². The maximum atomic E-state index is 9.20. The lowest BCUT2D eigenvalue weighted by atomic mass is 10.2. The highest BCUT2D eigenvalue weighted by Crippen LogP contribution is 2.28. The first-order valence-corrected chi connectivity index (χ1v) is 8.04. The van der Waals surface area contributed by atoms with Crippen LogP contribution in [0.2, 0.25) is 0 Å². The van der Waals surface area contributed by atoms with Crippen LogP contribution in [0.5, 0.6) is 5.88 Å².